The van der Waals surface area contributed by atoms with Crippen molar-refractivity contribution in [3.8, 4) is 0 Å². The highest BCUT2D eigenvalue weighted by molar-refractivity contribution is 6.03. The van der Waals surface area contributed by atoms with E-state index in [1.165, 1.54) is 18.2 Å². The first-order valence-electron chi connectivity index (χ1n) is 7.45. The summed E-state index contributed by atoms with van der Waals surface area (Å²) in [6.07, 6.45) is 0.121. The number of para-hydroxylation sites is 1. The molecule has 2 aromatic rings. The second kappa shape index (κ2) is 6.49. The Morgan fingerprint density at radius 2 is 1.92 bits per heavy atom. The molecule has 0 aliphatic carbocycles. The second-order valence-corrected chi connectivity index (χ2v) is 5.54. The summed E-state index contributed by atoms with van der Waals surface area (Å²) < 4.78 is 0. The second-order valence-electron chi connectivity index (χ2n) is 5.54. The van der Waals surface area contributed by atoms with Gasteiger partial charge in [0, 0.05) is 36.5 Å². The van der Waals surface area contributed by atoms with Gasteiger partial charge in [-0.1, -0.05) is 24.3 Å². The minimum absolute atomic E-state index is 0.0961. The molecule has 1 atom stereocenters. The van der Waals surface area contributed by atoms with Gasteiger partial charge >= 0.3 is 0 Å². The number of non-ortho nitro benzene ring substituents is 1. The van der Waals surface area contributed by atoms with Gasteiger partial charge in [-0.05, 0) is 18.2 Å². The van der Waals surface area contributed by atoms with Gasteiger partial charge in [0.05, 0.1) is 10.8 Å². The summed E-state index contributed by atoms with van der Waals surface area (Å²) in [5.41, 5.74) is 1.01. The topological polar surface area (TPSA) is 92.5 Å². The summed E-state index contributed by atoms with van der Waals surface area (Å²) in [5, 5.41) is 13.4. The molecule has 0 radical (unpaired) electrons. The molecule has 1 N–H and O–H groups in total. The van der Waals surface area contributed by atoms with E-state index in [1.54, 1.807) is 11.0 Å². The lowest BCUT2D eigenvalue weighted by Crippen LogP contribution is -2.28. The monoisotopic (exact) mass is 325 g/mol. The maximum atomic E-state index is 12.4. The molecule has 1 aliphatic rings. The van der Waals surface area contributed by atoms with Gasteiger partial charge < -0.3 is 10.2 Å². The molecule has 0 saturated carbocycles. The molecule has 7 heteroatoms. The summed E-state index contributed by atoms with van der Waals surface area (Å²) in [4.78, 5) is 36.3. The third-order valence-corrected chi connectivity index (χ3v) is 3.89. The Balaban J connectivity index is 1.69. The minimum atomic E-state index is -0.522. The summed E-state index contributed by atoms with van der Waals surface area (Å²) in [6.45, 7) is 0.295. The van der Waals surface area contributed by atoms with Crippen molar-refractivity contribution < 1.29 is 14.5 Å². The fourth-order valence-electron chi connectivity index (χ4n) is 2.68. The highest BCUT2D eigenvalue weighted by Crippen LogP contribution is 2.26. The molecule has 0 aromatic heterocycles. The zero-order valence-electron chi connectivity index (χ0n) is 12.7. The normalized spacial score (nSPS) is 16.9. The number of nitro benzene ring substituents is 1. The van der Waals surface area contributed by atoms with Crippen molar-refractivity contribution >= 4 is 28.9 Å². The van der Waals surface area contributed by atoms with Crippen molar-refractivity contribution in [2.75, 3.05) is 16.8 Å². The lowest BCUT2D eigenvalue weighted by molar-refractivity contribution is -0.384. The average molecular weight is 325 g/mol. The van der Waals surface area contributed by atoms with Crippen LogP contribution in [-0.4, -0.2) is 23.3 Å². The predicted molar refractivity (Wildman–Crippen MR) is 88.6 cm³/mol. The first kappa shape index (κ1) is 15.7. The largest absolute Gasteiger partial charge is 0.326 e. The fourth-order valence-corrected chi connectivity index (χ4v) is 2.68. The lowest BCUT2D eigenvalue weighted by Gasteiger charge is -2.16. The van der Waals surface area contributed by atoms with Crippen LogP contribution in [0.15, 0.2) is 54.6 Å². The van der Waals surface area contributed by atoms with Gasteiger partial charge in [-0.25, -0.2) is 0 Å². The number of hydrogen-bond donors (Lipinski definition) is 1. The van der Waals surface area contributed by atoms with Crippen molar-refractivity contribution in [2.24, 2.45) is 5.92 Å². The zero-order chi connectivity index (χ0) is 17.1. The van der Waals surface area contributed by atoms with Gasteiger partial charge in [0.2, 0.25) is 11.8 Å². The highest BCUT2D eigenvalue weighted by atomic mass is 16.6. The van der Waals surface area contributed by atoms with Crippen molar-refractivity contribution in [3.05, 3.63) is 64.7 Å². The molecule has 1 aliphatic heterocycles. The number of amides is 2. The molecule has 1 saturated heterocycles. The molecular weight excluding hydrogens is 310 g/mol. The number of rotatable bonds is 4. The molecule has 7 nitrogen and oxygen atoms in total. The van der Waals surface area contributed by atoms with Crippen molar-refractivity contribution in [1.29, 1.82) is 0 Å². The van der Waals surface area contributed by atoms with Crippen molar-refractivity contribution in [2.45, 2.75) is 6.42 Å². The van der Waals surface area contributed by atoms with Gasteiger partial charge in [-0.2, -0.15) is 0 Å². The molecular formula is C17H15N3O4. The van der Waals surface area contributed by atoms with Crippen LogP contribution in [-0.2, 0) is 9.59 Å². The van der Waals surface area contributed by atoms with Crippen LogP contribution >= 0.6 is 0 Å². The minimum Gasteiger partial charge on any atom is -0.326 e. The van der Waals surface area contributed by atoms with Crippen molar-refractivity contribution in [1.82, 2.24) is 0 Å². The Kier molecular flexibility index (Phi) is 4.24. The summed E-state index contributed by atoms with van der Waals surface area (Å²) in [7, 11) is 0. The number of nitrogens with zero attached hydrogens (tertiary/aromatic N) is 2. The van der Waals surface area contributed by atoms with Gasteiger partial charge in [0.25, 0.3) is 5.69 Å². The number of nitro groups is 1. The molecule has 0 bridgehead atoms. The van der Waals surface area contributed by atoms with E-state index in [0.29, 0.717) is 12.2 Å². The summed E-state index contributed by atoms with van der Waals surface area (Å²) >= 11 is 0. The van der Waals surface area contributed by atoms with Crippen LogP contribution in [0.25, 0.3) is 0 Å². The molecule has 3 rings (SSSR count). The average Bonchev–Trinajstić information content (AvgIpc) is 2.98. The number of hydrogen-bond acceptors (Lipinski definition) is 4. The number of nitrogens with one attached hydrogen (secondary N) is 1. The number of carbonyl (C=O) groups is 2. The highest BCUT2D eigenvalue weighted by Gasteiger charge is 2.35. The first-order valence-corrected chi connectivity index (χ1v) is 7.45. The van der Waals surface area contributed by atoms with Gasteiger partial charge in [0.15, 0.2) is 0 Å². The predicted octanol–water partition coefficient (Wildman–Crippen LogP) is 2.59. The quantitative estimate of drug-likeness (QED) is 0.690. The smallest absolute Gasteiger partial charge is 0.271 e. The van der Waals surface area contributed by atoms with Crippen LogP contribution < -0.4 is 10.2 Å². The molecule has 24 heavy (non-hydrogen) atoms. The Morgan fingerprint density at radius 3 is 2.62 bits per heavy atom. The van der Waals surface area contributed by atoms with E-state index >= 15 is 0 Å². The van der Waals surface area contributed by atoms with E-state index in [0.717, 1.165) is 5.69 Å². The van der Waals surface area contributed by atoms with E-state index in [-0.39, 0.29) is 23.9 Å². The number of carbonyl (C=O) groups excluding carboxylic acids is 2. The Labute approximate surface area is 138 Å². The maximum absolute atomic E-state index is 12.4. The standard InChI is InChI=1S/C17H15N3O4/c21-16-9-12(11-19(16)14-6-2-1-3-7-14)17(22)18-13-5-4-8-15(10-13)20(23)24/h1-8,10,12H,9,11H2,(H,18,22)/t12-/m0/s1. The van der Waals surface area contributed by atoms with E-state index in [1.807, 2.05) is 30.3 Å². The maximum Gasteiger partial charge on any atom is 0.271 e. The molecule has 1 heterocycles. The fraction of sp³-hybridized carbons (Fsp3) is 0.176. The van der Waals surface area contributed by atoms with Crippen LogP contribution in [0.2, 0.25) is 0 Å². The van der Waals surface area contributed by atoms with Gasteiger partial charge in [0.1, 0.15) is 0 Å². The number of benzene rings is 2. The van der Waals surface area contributed by atoms with Crippen LogP contribution in [0.5, 0.6) is 0 Å². The van der Waals surface area contributed by atoms with Gasteiger partial charge in [-0.3, -0.25) is 19.7 Å². The summed E-state index contributed by atoms with van der Waals surface area (Å²) in [5.74, 6) is -0.917. The van der Waals surface area contributed by atoms with E-state index in [4.69, 9.17) is 0 Å². The molecule has 122 valence electrons. The Hall–Kier alpha value is -3.22. The third-order valence-electron chi connectivity index (χ3n) is 3.89. The summed E-state index contributed by atoms with van der Waals surface area (Å²) in [6, 6.07) is 14.9. The van der Waals surface area contributed by atoms with E-state index in [9.17, 15) is 19.7 Å². The number of anilines is 2. The Morgan fingerprint density at radius 1 is 1.17 bits per heavy atom. The van der Waals surface area contributed by atoms with Crippen LogP contribution in [0, 0.1) is 16.0 Å². The molecule has 0 spiro atoms. The Bertz CT molecular complexity index is 791. The van der Waals surface area contributed by atoms with Crippen molar-refractivity contribution in [3.63, 3.8) is 0 Å². The van der Waals surface area contributed by atoms with Gasteiger partial charge in [-0.15, -0.1) is 0 Å². The van der Waals surface area contributed by atoms with Crippen LogP contribution in [0.4, 0.5) is 17.1 Å². The van der Waals surface area contributed by atoms with Crippen LogP contribution in [0.1, 0.15) is 6.42 Å². The SMILES string of the molecule is O=C(Nc1cccc([N+](=O)[O-])c1)[C@H]1CC(=O)N(c2ccccc2)C1. The third kappa shape index (κ3) is 3.24. The van der Waals surface area contributed by atoms with E-state index < -0.39 is 10.8 Å². The molecule has 1 fully saturated rings. The van der Waals surface area contributed by atoms with Crippen LogP contribution in [0.3, 0.4) is 0 Å². The van der Waals surface area contributed by atoms with E-state index in [2.05, 4.69) is 5.32 Å². The lowest BCUT2D eigenvalue weighted by atomic mass is 10.1. The first-order chi connectivity index (χ1) is 11.5. The molecule has 2 amide bonds. The molecule has 0 unspecified atom stereocenters. The molecule has 2 aromatic carbocycles. The zero-order valence-corrected chi connectivity index (χ0v) is 12.7.